The lowest BCUT2D eigenvalue weighted by Crippen LogP contribution is -2.25. The topological polar surface area (TPSA) is 42.0 Å². The molecule has 0 saturated heterocycles. The summed E-state index contributed by atoms with van der Waals surface area (Å²) in [4.78, 5) is 16.9. The standard InChI is InChI=1S/C19H16F2N2OS/c1-12-17(18(24)22-11-10-13-6-3-2-4-7-13)25-19(23-12)16-14(20)8-5-9-15(16)21/h2-9H,10-11H2,1H3,(H,22,24). The Hall–Kier alpha value is -2.60. The number of halogens is 2. The minimum absolute atomic E-state index is 0.168. The maximum Gasteiger partial charge on any atom is 0.263 e. The highest BCUT2D eigenvalue weighted by Gasteiger charge is 2.20. The summed E-state index contributed by atoms with van der Waals surface area (Å²) in [5.74, 6) is -1.66. The van der Waals surface area contributed by atoms with Gasteiger partial charge in [-0.15, -0.1) is 11.3 Å². The Bertz CT molecular complexity index is 873. The first-order valence-corrected chi connectivity index (χ1v) is 8.62. The number of carbonyl (C=O) groups is 1. The van der Waals surface area contributed by atoms with Crippen LogP contribution in [0.2, 0.25) is 0 Å². The van der Waals surface area contributed by atoms with E-state index in [1.165, 1.54) is 18.2 Å². The van der Waals surface area contributed by atoms with Crippen molar-refractivity contribution in [2.75, 3.05) is 6.54 Å². The van der Waals surface area contributed by atoms with Gasteiger partial charge in [-0.05, 0) is 31.0 Å². The van der Waals surface area contributed by atoms with Crippen LogP contribution in [0.15, 0.2) is 48.5 Å². The number of aryl methyl sites for hydroxylation is 1. The van der Waals surface area contributed by atoms with Crippen molar-refractivity contribution in [2.45, 2.75) is 13.3 Å². The van der Waals surface area contributed by atoms with Gasteiger partial charge in [0.25, 0.3) is 5.91 Å². The summed E-state index contributed by atoms with van der Waals surface area (Å²) in [6, 6.07) is 13.5. The van der Waals surface area contributed by atoms with E-state index >= 15 is 0 Å². The number of rotatable bonds is 5. The third-order valence-electron chi connectivity index (χ3n) is 3.72. The molecule has 0 fully saturated rings. The van der Waals surface area contributed by atoms with E-state index in [1.54, 1.807) is 6.92 Å². The average molecular weight is 358 g/mol. The number of hydrogen-bond donors (Lipinski definition) is 1. The molecule has 3 aromatic rings. The molecule has 3 rings (SSSR count). The Morgan fingerprint density at radius 3 is 2.44 bits per heavy atom. The quantitative estimate of drug-likeness (QED) is 0.736. The molecule has 0 atom stereocenters. The molecular weight excluding hydrogens is 342 g/mol. The molecule has 0 spiro atoms. The zero-order valence-electron chi connectivity index (χ0n) is 13.6. The Labute approximate surface area is 148 Å². The van der Waals surface area contributed by atoms with E-state index in [4.69, 9.17) is 0 Å². The molecule has 1 amide bonds. The molecule has 0 aliphatic heterocycles. The molecule has 0 saturated carbocycles. The Morgan fingerprint density at radius 1 is 1.08 bits per heavy atom. The van der Waals surface area contributed by atoms with Crippen molar-refractivity contribution in [3.05, 3.63) is 76.3 Å². The number of benzene rings is 2. The van der Waals surface area contributed by atoms with E-state index in [2.05, 4.69) is 10.3 Å². The summed E-state index contributed by atoms with van der Waals surface area (Å²) < 4.78 is 27.8. The number of nitrogens with one attached hydrogen (secondary N) is 1. The number of nitrogens with zero attached hydrogens (tertiary/aromatic N) is 1. The summed E-state index contributed by atoms with van der Waals surface area (Å²) in [6.45, 7) is 2.13. The van der Waals surface area contributed by atoms with Crippen LogP contribution in [0.3, 0.4) is 0 Å². The first kappa shape index (κ1) is 17.2. The molecule has 2 aromatic carbocycles. The van der Waals surface area contributed by atoms with Crippen LogP contribution in [0.25, 0.3) is 10.6 Å². The second-order valence-corrected chi connectivity index (χ2v) is 6.52. The van der Waals surface area contributed by atoms with Gasteiger partial charge in [-0.1, -0.05) is 36.4 Å². The number of hydrogen-bond acceptors (Lipinski definition) is 3. The van der Waals surface area contributed by atoms with Crippen LogP contribution in [0.1, 0.15) is 20.9 Å². The fourth-order valence-electron chi connectivity index (χ4n) is 2.46. The van der Waals surface area contributed by atoms with Crippen molar-refractivity contribution in [3.8, 4) is 10.6 Å². The van der Waals surface area contributed by atoms with Gasteiger partial charge in [0.05, 0.1) is 11.3 Å². The molecule has 0 aliphatic carbocycles. The maximum atomic E-state index is 13.9. The number of carbonyl (C=O) groups excluding carboxylic acids is 1. The molecule has 1 N–H and O–H groups in total. The molecule has 0 unspecified atom stereocenters. The Balaban J connectivity index is 1.73. The van der Waals surface area contributed by atoms with Crippen LogP contribution in [0.4, 0.5) is 8.78 Å². The van der Waals surface area contributed by atoms with Gasteiger partial charge in [-0.3, -0.25) is 4.79 Å². The van der Waals surface area contributed by atoms with Crippen LogP contribution >= 0.6 is 11.3 Å². The van der Waals surface area contributed by atoms with E-state index in [1.807, 2.05) is 30.3 Å². The SMILES string of the molecule is Cc1nc(-c2c(F)cccc2F)sc1C(=O)NCCc1ccccc1. The minimum atomic E-state index is -0.690. The van der Waals surface area contributed by atoms with E-state index in [0.29, 0.717) is 23.5 Å². The maximum absolute atomic E-state index is 13.9. The van der Waals surface area contributed by atoms with Gasteiger partial charge in [0.15, 0.2) is 0 Å². The van der Waals surface area contributed by atoms with Crippen LogP contribution < -0.4 is 5.32 Å². The van der Waals surface area contributed by atoms with Crippen LogP contribution in [-0.4, -0.2) is 17.4 Å². The second-order valence-electron chi connectivity index (χ2n) is 5.52. The molecular formula is C19H16F2N2OS. The normalized spacial score (nSPS) is 10.7. The van der Waals surface area contributed by atoms with Crippen molar-refractivity contribution in [1.82, 2.24) is 10.3 Å². The monoisotopic (exact) mass is 358 g/mol. The van der Waals surface area contributed by atoms with Gasteiger partial charge in [0.2, 0.25) is 0 Å². The largest absolute Gasteiger partial charge is 0.351 e. The summed E-state index contributed by atoms with van der Waals surface area (Å²) >= 11 is 0.992. The van der Waals surface area contributed by atoms with E-state index in [9.17, 15) is 13.6 Å². The predicted molar refractivity (Wildman–Crippen MR) is 94.7 cm³/mol. The number of amides is 1. The summed E-state index contributed by atoms with van der Waals surface area (Å²) in [5, 5.41) is 2.99. The zero-order chi connectivity index (χ0) is 17.8. The molecule has 1 aromatic heterocycles. The molecule has 0 aliphatic rings. The van der Waals surface area contributed by atoms with Gasteiger partial charge in [-0.25, -0.2) is 13.8 Å². The summed E-state index contributed by atoms with van der Waals surface area (Å²) in [5.41, 5.74) is 1.39. The first-order chi connectivity index (χ1) is 12.1. The van der Waals surface area contributed by atoms with Gasteiger partial charge in [0.1, 0.15) is 21.5 Å². The van der Waals surface area contributed by atoms with Gasteiger partial charge in [-0.2, -0.15) is 0 Å². The van der Waals surface area contributed by atoms with E-state index < -0.39 is 11.6 Å². The molecule has 6 heteroatoms. The van der Waals surface area contributed by atoms with Crippen molar-refractivity contribution >= 4 is 17.2 Å². The smallest absolute Gasteiger partial charge is 0.263 e. The third kappa shape index (κ3) is 3.91. The van der Waals surface area contributed by atoms with E-state index in [0.717, 1.165) is 16.9 Å². The minimum Gasteiger partial charge on any atom is -0.351 e. The fourth-order valence-corrected chi connectivity index (χ4v) is 3.49. The van der Waals surface area contributed by atoms with Crippen LogP contribution in [0.5, 0.6) is 0 Å². The lowest BCUT2D eigenvalue weighted by atomic mass is 10.1. The molecule has 128 valence electrons. The van der Waals surface area contributed by atoms with Crippen molar-refractivity contribution in [2.24, 2.45) is 0 Å². The number of thiazole rings is 1. The summed E-state index contributed by atoms with van der Waals surface area (Å²) in [6.07, 6.45) is 0.708. The van der Waals surface area contributed by atoms with Gasteiger partial charge < -0.3 is 5.32 Å². The second kappa shape index (κ2) is 7.53. The molecule has 0 bridgehead atoms. The lowest BCUT2D eigenvalue weighted by Gasteiger charge is -2.04. The van der Waals surface area contributed by atoms with Crippen LogP contribution in [0, 0.1) is 18.6 Å². The lowest BCUT2D eigenvalue weighted by molar-refractivity contribution is 0.0957. The first-order valence-electron chi connectivity index (χ1n) is 7.80. The predicted octanol–water partition coefficient (Wildman–Crippen LogP) is 4.37. The van der Waals surface area contributed by atoms with Gasteiger partial charge >= 0.3 is 0 Å². The fraction of sp³-hybridized carbons (Fsp3) is 0.158. The highest BCUT2D eigenvalue weighted by molar-refractivity contribution is 7.17. The zero-order valence-corrected chi connectivity index (χ0v) is 14.4. The van der Waals surface area contributed by atoms with Crippen molar-refractivity contribution in [1.29, 1.82) is 0 Å². The Kier molecular flexibility index (Phi) is 5.19. The van der Waals surface area contributed by atoms with Crippen LogP contribution in [-0.2, 0) is 6.42 Å². The highest BCUT2D eigenvalue weighted by atomic mass is 32.1. The van der Waals surface area contributed by atoms with Crippen molar-refractivity contribution in [3.63, 3.8) is 0 Å². The average Bonchev–Trinajstić information content (AvgIpc) is 2.97. The highest BCUT2D eigenvalue weighted by Crippen LogP contribution is 2.31. The Morgan fingerprint density at radius 2 is 1.76 bits per heavy atom. The molecule has 3 nitrogen and oxygen atoms in total. The molecule has 1 heterocycles. The molecule has 25 heavy (non-hydrogen) atoms. The molecule has 0 radical (unpaired) electrons. The van der Waals surface area contributed by atoms with Gasteiger partial charge in [0, 0.05) is 6.54 Å². The van der Waals surface area contributed by atoms with E-state index in [-0.39, 0.29) is 16.5 Å². The third-order valence-corrected chi connectivity index (χ3v) is 4.90. The summed E-state index contributed by atoms with van der Waals surface area (Å²) in [7, 11) is 0. The number of aromatic nitrogens is 1. The van der Waals surface area contributed by atoms with Crippen molar-refractivity contribution < 1.29 is 13.6 Å².